The van der Waals surface area contributed by atoms with Gasteiger partial charge in [-0.05, 0) is 92.1 Å². The Morgan fingerprint density at radius 3 is 2.58 bits per heavy atom. The Morgan fingerprint density at radius 2 is 1.87 bits per heavy atom. The third-order valence-corrected chi connectivity index (χ3v) is 6.55. The van der Waals surface area contributed by atoms with Crippen molar-refractivity contribution in [3.63, 3.8) is 0 Å². The van der Waals surface area contributed by atoms with Crippen molar-refractivity contribution in [1.82, 2.24) is 9.88 Å². The topological polar surface area (TPSA) is 46.4 Å². The summed E-state index contributed by atoms with van der Waals surface area (Å²) in [4.78, 5) is 17.7. The van der Waals surface area contributed by atoms with Gasteiger partial charge in [-0.1, -0.05) is 36.7 Å². The summed E-state index contributed by atoms with van der Waals surface area (Å²) in [6, 6.07) is 15.8. The number of para-hydroxylation sites is 1. The normalized spacial score (nSPS) is 16.4. The van der Waals surface area contributed by atoms with Crippen molar-refractivity contribution < 1.29 is 4.79 Å². The van der Waals surface area contributed by atoms with Crippen molar-refractivity contribution in [2.24, 2.45) is 4.99 Å². The van der Waals surface area contributed by atoms with Gasteiger partial charge in [0.15, 0.2) is 5.17 Å². The number of benzene rings is 2. The number of carbonyl (C=O) groups is 1. The average molecular weight is 450 g/mol. The first-order chi connectivity index (χ1) is 14.9. The lowest BCUT2D eigenvalue weighted by molar-refractivity contribution is -0.115. The van der Waals surface area contributed by atoms with Crippen LogP contribution in [0.15, 0.2) is 58.4 Å². The lowest BCUT2D eigenvalue weighted by atomic mass is 10.1. The van der Waals surface area contributed by atoms with Crippen molar-refractivity contribution in [1.29, 1.82) is 0 Å². The van der Waals surface area contributed by atoms with Crippen LogP contribution >= 0.6 is 23.4 Å². The van der Waals surface area contributed by atoms with Crippen LogP contribution in [-0.4, -0.2) is 15.6 Å². The summed E-state index contributed by atoms with van der Waals surface area (Å²) in [5.74, 6) is -0.132. The molecule has 0 spiro atoms. The fourth-order valence-corrected chi connectivity index (χ4v) is 4.82. The number of halogens is 1. The zero-order valence-electron chi connectivity index (χ0n) is 18.0. The highest BCUT2D eigenvalue weighted by molar-refractivity contribution is 8.18. The molecule has 1 aliphatic heterocycles. The van der Waals surface area contributed by atoms with Gasteiger partial charge in [0.05, 0.1) is 16.3 Å². The van der Waals surface area contributed by atoms with E-state index in [2.05, 4.69) is 66.8 Å². The van der Waals surface area contributed by atoms with Crippen molar-refractivity contribution in [2.75, 3.05) is 0 Å². The van der Waals surface area contributed by atoms with Gasteiger partial charge in [0.1, 0.15) is 0 Å². The molecule has 1 saturated heterocycles. The third kappa shape index (κ3) is 4.34. The number of carbonyl (C=O) groups excluding carboxylic acids is 1. The highest BCUT2D eigenvalue weighted by atomic mass is 35.5. The van der Waals surface area contributed by atoms with E-state index in [9.17, 15) is 4.79 Å². The Balaban J connectivity index is 1.68. The molecule has 2 aromatic carbocycles. The molecule has 158 valence electrons. The van der Waals surface area contributed by atoms with Gasteiger partial charge < -0.3 is 9.88 Å². The number of aromatic nitrogens is 1. The zero-order valence-corrected chi connectivity index (χ0v) is 19.6. The number of aryl methyl sites for hydroxylation is 3. The average Bonchev–Trinajstić information content (AvgIpc) is 3.22. The first kappa shape index (κ1) is 21.5. The Bertz CT molecular complexity index is 1220. The van der Waals surface area contributed by atoms with Gasteiger partial charge in [-0.3, -0.25) is 4.79 Å². The van der Waals surface area contributed by atoms with Gasteiger partial charge in [0.2, 0.25) is 0 Å². The molecule has 0 atom stereocenters. The Morgan fingerprint density at radius 1 is 1.13 bits per heavy atom. The van der Waals surface area contributed by atoms with Crippen LogP contribution in [0.4, 0.5) is 5.69 Å². The maximum Gasteiger partial charge on any atom is 0.264 e. The molecule has 0 bridgehead atoms. The number of hydrogen-bond donors (Lipinski definition) is 1. The van der Waals surface area contributed by atoms with E-state index in [1.165, 1.54) is 28.6 Å². The second-order valence-corrected chi connectivity index (χ2v) is 9.02. The molecule has 4 rings (SSSR count). The molecular weight excluding hydrogens is 426 g/mol. The predicted octanol–water partition coefficient (Wildman–Crippen LogP) is 6.51. The van der Waals surface area contributed by atoms with E-state index in [1.807, 2.05) is 18.2 Å². The third-order valence-electron chi connectivity index (χ3n) is 5.39. The van der Waals surface area contributed by atoms with Crippen molar-refractivity contribution >= 4 is 46.2 Å². The molecule has 0 aliphatic carbocycles. The van der Waals surface area contributed by atoms with Gasteiger partial charge >= 0.3 is 0 Å². The number of thioether (sulfide) groups is 1. The molecule has 0 unspecified atom stereocenters. The van der Waals surface area contributed by atoms with Gasteiger partial charge in [-0.2, -0.15) is 0 Å². The molecule has 1 aliphatic rings. The Hall–Kier alpha value is -2.76. The molecule has 4 nitrogen and oxygen atoms in total. The van der Waals surface area contributed by atoms with Crippen molar-refractivity contribution in [2.45, 2.75) is 34.1 Å². The summed E-state index contributed by atoms with van der Waals surface area (Å²) in [6.07, 6.45) is 2.92. The van der Waals surface area contributed by atoms with Crippen LogP contribution in [0.2, 0.25) is 5.02 Å². The number of amides is 1. The molecule has 1 N–H and O–H groups in total. The van der Waals surface area contributed by atoms with Crippen LogP contribution in [-0.2, 0) is 11.2 Å². The van der Waals surface area contributed by atoms with E-state index in [-0.39, 0.29) is 5.91 Å². The first-order valence-electron chi connectivity index (χ1n) is 10.2. The SMILES string of the molecule is CCc1cccc(C)c1-n1c(C)cc(/C=C2\SC(=Nc3ccc(Cl)cc3)NC2=O)c1C. The highest BCUT2D eigenvalue weighted by Gasteiger charge is 2.25. The summed E-state index contributed by atoms with van der Waals surface area (Å²) < 4.78 is 2.29. The Kier molecular flexibility index (Phi) is 6.08. The van der Waals surface area contributed by atoms with Crippen LogP contribution in [0.25, 0.3) is 11.8 Å². The minimum atomic E-state index is -0.132. The molecule has 1 amide bonds. The molecular formula is C25H24ClN3OS. The fourth-order valence-electron chi connectivity index (χ4n) is 3.86. The lowest BCUT2D eigenvalue weighted by Crippen LogP contribution is -2.19. The van der Waals surface area contributed by atoms with E-state index < -0.39 is 0 Å². The predicted molar refractivity (Wildman–Crippen MR) is 132 cm³/mol. The summed E-state index contributed by atoms with van der Waals surface area (Å²) in [5, 5.41) is 4.08. The molecule has 31 heavy (non-hydrogen) atoms. The molecule has 2 heterocycles. The van der Waals surface area contributed by atoms with Crippen LogP contribution in [0, 0.1) is 20.8 Å². The van der Waals surface area contributed by atoms with Gasteiger partial charge in [0.25, 0.3) is 5.91 Å². The number of amidine groups is 1. The molecule has 0 radical (unpaired) electrons. The Labute approximate surface area is 192 Å². The minimum absolute atomic E-state index is 0.132. The monoisotopic (exact) mass is 449 g/mol. The van der Waals surface area contributed by atoms with Crippen LogP contribution < -0.4 is 5.32 Å². The first-order valence-corrected chi connectivity index (χ1v) is 11.4. The standard InChI is InChI=1S/C25H24ClN3OS/c1-5-18-8-6-7-15(2)23(18)29-16(3)13-19(17(29)4)14-22-24(30)28-25(31-22)27-21-11-9-20(26)10-12-21/h6-14H,5H2,1-4H3,(H,27,28,30)/b22-14-. The minimum Gasteiger partial charge on any atom is -0.317 e. The van der Waals surface area contributed by atoms with Crippen LogP contribution in [0.1, 0.15) is 35.0 Å². The van der Waals surface area contributed by atoms with Gasteiger partial charge in [-0.15, -0.1) is 0 Å². The quantitative estimate of drug-likeness (QED) is 0.461. The zero-order chi connectivity index (χ0) is 22.1. The van der Waals surface area contributed by atoms with E-state index in [0.29, 0.717) is 15.1 Å². The smallest absolute Gasteiger partial charge is 0.264 e. The number of hydrogen-bond acceptors (Lipinski definition) is 3. The van der Waals surface area contributed by atoms with E-state index >= 15 is 0 Å². The summed E-state index contributed by atoms with van der Waals surface area (Å²) in [5.41, 5.74) is 7.83. The lowest BCUT2D eigenvalue weighted by Gasteiger charge is -2.17. The number of aliphatic imine (C=N–C) groups is 1. The maximum absolute atomic E-state index is 12.6. The molecule has 0 saturated carbocycles. The number of nitrogens with zero attached hydrogens (tertiary/aromatic N) is 2. The fraction of sp³-hybridized carbons (Fsp3) is 0.200. The van der Waals surface area contributed by atoms with Crippen molar-refractivity contribution in [3.05, 3.63) is 86.5 Å². The van der Waals surface area contributed by atoms with Crippen molar-refractivity contribution in [3.8, 4) is 5.69 Å². The number of nitrogens with one attached hydrogen (secondary N) is 1. The number of rotatable bonds is 4. The molecule has 6 heteroatoms. The van der Waals surface area contributed by atoms with Crippen LogP contribution in [0.3, 0.4) is 0 Å². The van der Waals surface area contributed by atoms with Gasteiger partial charge in [0, 0.05) is 16.4 Å². The second-order valence-electron chi connectivity index (χ2n) is 7.56. The summed E-state index contributed by atoms with van der Waals surface area (Å²) >= 11 is 7.28. The van der Waals surface area contributed by atoms with Crippen LogP contribution in [0.5, 0.6) is 0 Å². The second kappa shape index (κ2) is 8.77. The van der Waals surface area contributed by atoms with E-state index in [4.69, 9.17) is 11.6 Å². The molecule has 3 aromatic rings. The summed E-state index contributed by atoms with van der Waals surface area (Å²) in [6.45, 7) is 8.53. The molecule has 1 aromatic heterocycles. The van der Waals surface area contributed by atoms with E-state index in [1.54, 1.807) is 12.1 Å². The highest BCUT2D eigenvalue weighted by Crippen LogP contribution is 2.32. The largest absolute Gasteiger partial charge is 0.317 e. The van der Waals surface area contributed by atoms with E-state index in [0.717, 1.165) is 29.1 Å². The molecule has 1 fully saturated rings. The summed E-state index contributed by atoms with van der Waals surface area (Å²) in [7, 11) is 0. The maximum atomic E-state index is 12.6. The van der Waals surface area contributed by atoms with Gasteiger partial charge in [-0.25, -0.2) is 4.99 Å².